The molecule has 1 atom stereocenters. The van der Waals surface area contributed by atoms with E-state index in [1.54, 1.807) is 0 Å². The van der Waals surface area contributed by atoms with E-state index in [4.69, 9.17) is 0 Å². The number of rotatable bonds is 3. The molecule has 1 aromatic rings. The molecule has 1 aromatic carbocycles. The second-order valence-electron chi connectivity index (χ2n) is 6.38. The van der Waals surface area contributed by atoms with E-state index in [9.17, 15) is 0 Å². The first-order chi connectivity index (χ1) is 9.34. The summed E-state index contributed by atoms with van der Waals surface area (Å²) in [4.78, 5) is 2.74. The van der Waals surface area contributed by atoms with Crippen molar-refractivity contribution in [3.8, 4) is 0 Å². The van der Waals surface area contributed by atoms with Crippen LogP contribution in [-0.4, -0.2) is 18.0 Å². The van der Waals surface area contributed by atoms with Crippen LogP contribution in [0.4, 0.5) is 0 Å². The molecule has 0 bridgehead atoms. The number of hydrogen-bond donors (Lipinski definition) is 0. The maximum atomic E-state index is 4.25. The molecule has 0 N–H and O–H groups in total. The third kappa shape index (κ3) is 3.02. The third-order valence-corrected chi connectivity index (χ3v) is 5.01. The van der Waals surface area contributed by atoms with Gasteiger partial charge in [0, 0.05) is 6.04 Å². The highest BCUT2D eigenvalue weighted by Gasteiger charge is 2.32. The second-order valence-corrected chi connectivity index (χ2v) is 6.38. The zero-order valence-corrected chi connectivity index (χ0v) is 11.9. The molecule has 0 spiro atoms. The number of benzene rings is 1. The van der Waals surface area contributed by atoms with Crippen LogP contribution in [0.3, 0.4) is 0 Å². The Morgan fingerprint density at radius 3 is 2.21 bits per heavy atom. The maximum absolute atomic E-state index is 4.25. The molecule has 19 heavy (non-hydrogen) atoms. The Morgan fingerprint density at radius 1 is 0.947 bits per heavy atom. The van der Waals surface area contributed by atoms with E-state index in [1.165, 1.54) is 57.2 Å². The van der Waals surface area contributed by atoms with Gasteiger partial charge in [0.1, 0.15) is 0 Å². The summed E-state index contributed by atoms with van der Waals surface area (Å²) in [5.41, 5.74) is 1.54. The Kier molecular flexibility index (Phi) is 4.22. The number of nitrogens with zero attached hydrogens (tertiary/aromatic N) is 1. The summed E-state index contributed by atoms with van der Waals surface area (Å²) in [7, 11) is 0. The Morgan fingerprint density at radius 2 is 1.58 bits per heavy atom. The molecule has 0 aromatic heterocycles. The predicted octanol–water partition coefficient (Wildman–Crippen LogP) is 4.46. The highest BCUT2D eigenvalue weighted by Crippen LogP contribution is 2.41. The maximum Gasteiger partial charge on any atom is 0.0376 e. The van der Waals surface area contributed by atoms with Crippen LogP contribution in [0.5, 0.6) is 0 Å². The molecule has 1 saturated heterocycles. The van der Waals surface area contributed by atoms with Gasteiger partial charge < -0.3 is 0 Å². The van der Waals surface area contributed by atoms with Gasteiger partial charge in [-0.3, -0.25) is 4.90 Å². The summed E-state index contributed by atoms with van der Waals surface area (Å²) < 4.78 is 0. The minimum atomic E-state index is 0.663. The van der Waals surface area contributed by atoms with Crippen molar-refractivity contribution in [3.63, 3.8) is 0 Å². The van der Waals surface area contributed by atoms with Crippen LogP contribution in [0.15, 0.2) is 30.3 Å². The van der Waals surface area contributed by atoms with E-state index in [0.29, 0.717) is 12.0 Å². The van der Waals surface area contributed by atoms with Gasteiger partial charge in [-0.15, -0.1) is 0 Å². The lowest BCUT2D eigenvalue weighted by Crippen LogP contribution is -2.33. The molecule has 2 aliphatic rings. The van der Waals surface area contributed by atoms with Crippen molar-refractivity contribution < 1.29 is 0 Å². The van der Waals surface area contributed by atoms with E-state index in [-0.39, 0.29) is 0 Å². The largest absolute Gasteiger partial charge is 0.296 e. The van der Waals surface area contributed by atoms with Crippen LogP contribution in [0.25, 0.3) is 0 Å². The molecule has 1 heterocycles. The van der Waals surface area contributed by atoms with E-state index in [0.717, 1.165) is 5.92 Å². The molecular formula is C18H26N. The number of hydrogen-bond acceptors (Lipinski definition) is 1. The first-order valence-electron chi connectivity index (χ1n) is 7.96. The fraction of sp³-hybridized carbons (Fsp3) is 0.611. The Bertz CT molecular complexity index is 372. The average Bonchev–Trinajstić information content (AvgIpc) is 2.96. The molecule has 103 valence electrons. The topological polar surface area (TPSA) is 3.24 Å². The van der Waals surface area contributed by atoms with Crippen molar-refractivity contribution in [2.24, 2.45) is 11.8 Å². The summed E-state index contributed by atoms with van der Waals surface area (Å²) >= 11 is 0. The van der Waals surface area contributed by atoms with E-state index < -0.39 is 0 Å². The van der Waals surface area contributed by atoms with Gasteiger partial charge in [0.15, 0.2) is 0 Å². The molecule has 2 fully saturated rings. The normalized spacial score (nSPS) is 30.4. The monoisotopic (exact) mass is 256 g/mol. The lowest BCUT2D eigenvalue weighted by Gasteiger charge is -2.38. The highest BCUT2D eigenvalue weighted by atomic mass is 15.2. The molecule has 1 aliphatic heterocycles. The summed E-state index contributed by atoms with van der Waals surface area (Å²) in [6.45, 7) is 6.84. The summed E-state index contributed by atoms with van der Waals surface area (Å²) in [6.07, 6.45) is 8.14. The van der Waals surface area contributed by atoms with Crippen LogP contribution in [0.1, 0.15) is 50.1 Å². The van der Waals surface area contributed by atoms with Crippen molar-refractivity contribution in [3.05, 3.63) is 42.8 Å². The fourth-order valence-corrected chi connectivity index (χ4v) is 3.96. The van der Waals surface area contributed by atoms with E-state index in [1.807, 2.05) is 0 Å². The molecule has 1 nitrogen and oxygen atoms in total. The first kappa shape index (κ1) is 13.2. The zero-order valence-electron chi connectivity index (χ0n) is 11.9. The van der Waals surface area contributed by atoms with Gasteiger partial charge in [0.05, 0.1) is 0 Å². The summed E-state index contributed by atoms with van der Waals surface area (Å²) in [5, 5.41) is 0. The van der Waals surface area contributed by atoms with Crippen LogP contribution in [-0.2, 0) is 0 Å². The summed E-state index contributed by atoms with van der Waals surface area (Å²) in [6, 6.07) is 11.9. The van der Waals surface area contributed by atoms with E-state index in [2.05, 4.69) is 42.2 Å². The van der Waals surface area contributed by atoms with Gasteiger partial charge in [0.25, 0.3) is 0 Å². The van der Waals surface area contributed by atoms with Gasteiger partial charge in [-0.05, 0) is 56.2 Å². The number of likely N-dealkylation sites (tertiary alicyclic amines) is 1. The molecule has 1 saturated carbocycles. The van der Waals surface area contributed by atoms with Crippen molar-refractivity contribution >= 4 is 0 Å². The van der Waals surface area contributed by atoms with Crippen LogP contribution in [0.2, 0.25) is 0 Å². The Labute approximate surface area is 118 Å². The van der Waals surface area contributed by atoms with Crippen LogP contribution < -0.4 is 0 Å². The molecule has 1 radical (unpaired) electrons. The summed E-state index contributed by atoms with van der Waals surface area (Å²) in [5.74, 6) is 1.55. The third-order valence-electron chi connectivity index (χ3n) is 5.01. The minimum Gasteiger partial charge on any atom is -0.296 e. The Balaban J connectivity index is 1.80. The molecule has 0 amide bonds. The van der Waals surface area contributed by atoms with Gasteiger partial charge in [-0.25, -0.2) is 0 Å². The quantitative estimate of drug-likeness (QED) is 0.771. The molecule has 1 aliphatic carbocycles. The lowest BCUT2D eigenvalue weighted by atomic mass is 9.77. The van der Waals surface area contributed by atoms with Crippen molar-refractivity contribution in [2.45, 2.75) is 44.6 Å². The van der Waals surface area contributed by atoms with Gasteiger partial charge in [0.2, 0.25) is 0 Å². The first-order valence-corrected chi connectivity index (χ1v) is 7.96. The lowest BCUT2D eigenvalue weighted by molar-refractivity contribution is 0.133. The Hall–Kier alpha value is -0.820. The van der Waals surface area contributed by atoms with Gasteiger partial charge >= 0.3 is 0 Å². The van der Waals surface area contributed by atoms with Gasteiger partial charge in [-0.2, -0.15) is 0 Å². The molecule has 1 heteroatoms. The van der Waals surface area contributed by atoms with Gasteiger partial charge in [-0.1, -0.05) is 50.1 Å². The van der Waals surface area contributed by atoms with Crippen molar-refractivity contribution in [1.82, 2.24) is 4.90 Å². The zero-order chi connectivity index (χ0) is 13.1. The predicted molar refractivity (Wildman–Crippen MR) is 80.8 cm³/mol. The molecule has 1 unspecified atom stereocenters. The molecule has 3 rings (SSSR count). The highest BCUT2D eigenvalue weighted by molar-refractivity contribution is 5.20. The van der Waals surface area contributed by atoms with Crippen LogP contribution in [0, 0.1) is 18.8 Å². The standard InChI is InChI=1S/C18H26N/c1-15-9-11-17(12-10-15)18(19-13-5-6-14-19)16-7-3-2-4-8-16/h2-4,7-8,15,17-18H,1,5-6,9-14H2. The van der Waals surface area contributed by atoms with Crippen LogP contribution >= 0.6 is 0 Å². The van der Waals surface area contributed by atoms with Crippen molar-refractivity contribution in [2.75, 3.05) is 13.1 Å². The second kappa shape index (κ2) is 6.09. The minimum absolute atomic E-state index is 0.663. The van der Waals surface area contributed by atoms with E-state index >= 15 is 0 Å². The SMILES string of the molecule is [CH2]C1CCC(C(c2ccccc2)N2CCCC2)CC1. The molecular weight excluding hydrogens is 230 g/mol. The average molecular weight is 256 g/mol. The fourth-order valence-electron chi connectivity index (χ4n) is 3.96. The smallest absolute Gasteiger partial charge is 0.0376 e. The van der Waals surface area contributed by atoms with Crippen molar-refractivity contribution in [1.29, 1.82) is 0 Å².